The first-order valence-corrected chi connectivity index (χ1v) is 8.82. The zero-order valence-corrected chi connectivity index (χ0v) is 14.5. The lowest BCUT2D eigenvalue weighted by atomic mass is 9.99. The first-order valence-electron chi connectivity index (χ1n) is 8.82. The first kappa shape index (κ1) is 18.4. The number of carbonyl (C=O) groups is 1. The van der Waals surface area contributed by atoms with Gasteiger partial charge >= 0.3 is 6.03 Å². The molecule has 138 valence electrons. The summed E-state index contributed by atoms with van der Waals surface area (Å²) in [6.45, 7) is 1.60. The van der Waals surface area contributed by atoms with Crippen LogP contribution in [0.1, 0.15) is 24.8 Å². The Morgan fingerprint density at radius 1 is 1.00 bits per heavy atom. The molecule has 0 radical (unpaired) electrons. The molecule has 0 atom stereocenters. The fourth-order valence-electron chi connectivity index (χ4n) is 3.00. The number of hydrogen-bond acceptors (Lipinski definition) is 3. The summed E-state index contributed by atoms with van der Waals surface area (Å²) in [7, 11) is 0. The van der Waals surface area contributed by atoms with Crippen LogP contribution in [0.25, 0.3) is 0 Å². The van der Waals surface area contributed by atoms with Gasteiger partial charge in [0.2, 0.25) is 0 Å². The second-order valence-corrected chi connectivity index (χ2v) is 6.16. The third-order valence-corrected chi connectivity index (χ3v) is 4.29. The average molecular weight is 358 g/mol. The van der Waals surface area contributed by atoms with Crippen molar-refractivity contribution in [3.05, 3.63) is 66.0 Å². The van der Waals surface area contributed by atoms with Gasteiger partial charge in [-0.1, -0.05) is 30.3 Å². The van der Waals surface area contributed by atoms with E-state index in [0.717, 1.165) is 24.1 Å². The number of rotatable bonds is 7. The molecule has 6 heteroatoms. The van der Waals surface area contributed by atoms with Crippen LogP contribution in [-0.2, 0) is 15.3 Å². The average Bonchev–Trinajstić information content (AvgIpc) is 3.13. The molecule has 1 aliphatic rings. The molecule has 26 heavy (non-hydrogen) atoms. The van der Waals surface area contributed by atoms with Gasteiger partial charge in [0.15, 0.2) is 5.79 Å². The lowest BCUT2D eigenvalue weighted by molar-refractivity contribution is -0.171. The van der Waals surface area contributed by atoms with Gasteiger partial charge in [-0.25, -0.2) is 9.18 Å². The third kappa shape index (κ3) is 4.80. The zero-order valence-electron chi connectivity index (χ0n) is 14.5. The van der Waals surface area contributed by atoms with Gasteiger partial charge < -0.3 is 20.1 Å². The highest BCUT2D eigenvalue weighted by Gasteiger charge is 2.37. The highest BCUT2D eigenvalue weighted by atomic mass is 19.1. The Labute approximate surface area is 152 Å². The van der Waals surface area contributed by atoms with Crippen molar-refractivity contribution in [2.24, 2.45) is 0 Å². The second kappa shape index (κ2) is 8.78. The molecule has 0 saturated carbocycles. The Kier molecular flexibility index (Phi) is 6.20. The molecule has 0 aliphatic carbocycles. The Morgan fingerprint density at radius 3 is 2.38 bits per heavy atom. The molecule has 1 heterocycles. The molecule has 2 aromatic rings. The molecule has 0 unspecified atom stereocenters. The van der Waals surface area contributed by atoms with E-state index in [2.05, 4.69) is 10.6 Å². The Balaban J connectivity index is 1.43. The van der Waals surface area contributed by atoms with Gasteiger partial charge in [-0.3, -0.25) is 0 Å². The van der Waals surface area contributed by atoms with Crippen LogP contribution in [0, 0.1) is 5.82 Å². The largest absolute Gasteiger partial charge is 0.343 e. The van der Waals surface area contributed by atoms with Crippen LogP contribution in [0.4, 0.5) is 14.9 Å². The summed E-state index contributed by atoms with van der Waals surface area (Å²) < 4.78 is 24.8. The van der Waals surface area contributed by atoms with Crippen molar-refractivity contribution < 1.29 is 18.7 Å². The zero-order chi connectivity index (χ0) is 18.2. The number of carbonyl (C=O) groups excluding carboxylic acids is 1. The van der Waals surface area contributed by atoms with Gasteiger partial charge in [0.25, 0.3) is 0 Å². The van der Waals surface area contributed by atoms with E-state index in [1.165, 1.54) is 12.1 Å². The summed E-state index contributed by atoms with van der Waals surface area (Å²) in [5.74, 6) is -1.09. The van der Waals surface area contributed by atoms with Gasteiger partial charge in [-0.15, -0.1) is 0 Å². The number of amides is 2. The molecule has 3 rings (SSSR count). The molecule has 0 aromatic heterocycles. The van der Waals surface area contributed by atoms with Gasteiger partial charge in [0, 0.05) is 24.2 Å². The summed E-state index contributed by atoms with van der Waals surface area (Å²) in [6.07, 6.45) is 2.25. The van der Waals surface area contributed by atoms with E-state index in [1.54, 1.807) is 12.1 Å². The van der Waals surface area contributed by atoms with Gasteiger partial charge in [0.1, 0.15) is 5.82 Å². The van der Waals surface area contributed by atoms with E-state index in [-0.39, 0.29) is 11.8 Å². The Bertz CT molecular complexity index is 701. The summed E-state index contributed by atoms with van der Waals surface area (Å²) in [5, 5.41) is 5.61. The second-order valence-electron chi connectivity index (χ2n) is 6.16. The van der Waals surface area contributed by atoms with Crippen molar-refractivity contribution in [3.63, 3.8) is 0 Å². The van der Waals surface area contributed by atoms with Crippen LogP contribution in [0.5, 0.6) is 0 Å². The number of para-hydroxylation sites is 1. The summed E-state index contributed by atoms with van der Waals surface area (Å²) in [4.78, 5) is 11.8. The molecule has 2 amide bonds. The van der Waals surface area contributed by atoms with Gasteiger partial charge in [-0.05, 0) is 37.1 Å². The standard InChI is InChI=1S/C20H23FN2O3/c21-17-10-8-16(9-11-17)20(25-14-15-26-20)12-4-5-13-22-19(24)23-18-6-2-1-3-7-18/h1-3,6-11H,4-5,12-15H2,(H2,22,23,24). The monoisotopic (exact) mass is 358 g/mol. The number of halogens is 1. The van der Waals surface area contributed by atoms with E-state index in [0.29, 0.717) is 26.2 Å². The lowest BCUT2D eigenvalue weighted by Gasteiger charge is -2.28. The number of benzene rings is 2. The van der Waals surface area contributed by atoms with E-state index in [4.69, 9.17) is 9.47 Å². The molecule has 0 bridgehead atoms. The molecule has 2 aromatic carbocycles. The molecule has 5 nitrogen and oxygen atoms in total. The molecule has 2 N–H and O–H groups in total. The Morgan fingerprint density at radius 2 is 1.69 bits per heavy atom. The van der Waals surface area contributed by atoms with Crippen LogP contribution in [-0.4, -0.2) is 25.8 Å². The quantitative estimate of drug-likeness (QED) is 0.735. The summed E-state index contributed by atoms with van der Waals surface area (Å²) in [5.41, 5.74) is 1.58. The van der Waals surface area contributed by atoms with Crippen molar-refractivity contribution >= 4 is 11.7 Å². The van der Waals surface area contributed by atoms with E-state index < -0.39 is 5.79 Å². The third-order valence-electron chi connectivity index (χ3n) is 4.29. The number of ether oxygens (including phenoxy) is 2. The maximum atomic E-state index is 13.2. The molecule has 1 saturated heterocycles. The molecular weight excluding hydrogens is 335 g/mol. The predicted molar refractivity (Wildman–Crippen MR) is 97.3 cm³/mol. The maximum absolute atomic E-state index is 13.2. The van der Waals surface area contributed by atoms with E-state index in [1.807, 2.05) is 30.3 Å². The van der Waals surface area contributed by atoms with E-state index >= 15 is 0 Å². The van der Waals surface area contributed by atoms with Crippen molar-refractivity contribution in [2.75, 3.05) is 25.1 Å². The maximum Gasteiger partial charge on any atom is 0.319 e. The number of unbranched alkanes of at least 4 members (excludes halogenated alkanes) is 1. The van der Waals surface area contributed by atoms with Crippen molar-refractivity contribution in [1.82, 2.24) is 5.32 Å². The normalized spacial score (nSPS) is 15.6. The SMILES string of the molecule is O=C(NCCCCC1(c2ccc(F)cc2)OCCO1)Nc1ccccc1. The molecule has 1 fully saturated rings. The van der Waals surface area contributed by atoms with Gasteiger partial charge in [0.05, 0.1) is 13.2 Å². The predicted octanol–water partition coefficient (Wildman–Crippen LogP) is 4.02. The molecule has 0 spiro atoms. The highest BCUT2D eigenvalue weighted by molar-refractivity contribution is 5.89. The van der Waals surface area contributed by atoms with Gasteiger partial charge in [-0.2, -0.15) is 0 Å². The molecular formula is C20H23FN2O3. The topological polar surface area (TPSA) is 59.6 Å². The molecule has 1 aliphatic heterocycles. The van der Waals surface area contributed by atoms with Crippen LogP contribution in [0.3, 0.4) is 0 Å². The number of nitrogens with one attached hydrogen (secondary N) is 2. The van der Waals surface area contributed by atoms with Crippen LogP contribution < -0.4 is 10.6 Å². The van der Waals surface area contributed by atoms with Crippen LogP contribution in [0.15, 0.2) is 54.6 Å². The summed E-state index contributed by atoms with van der Waals surface area (Å²) in [6, 6.07) is 15.3. The lowest BCUT2D eigenvalue weighted by Crippen LogP contribution is -2.30. The summed E-state index contributed by atoms with van der Waals surface area (Å²) >= 11 is 0. The van der Waals surface area contributed by atoms with Crippen LogP contribution in [0.2, 0.25) is 0 Å². The fourth-order valence-corrected chi connectivity index (χ4v) is 3.00. The van der Waals surface area contributed by atoms with Crippen molar-refractivity contribution in [1.29, 1.82) is 0 Å². The fraction of sp³-hybridized carbons (Fsp3) is 0.350. The number of anilines is 1. The van der Waals surface area contributed by atoms with Crippen molar-refractivity contribution in [3.8, 4) is 0 Å². The minimum Gasteiger partial charge on any atom is -0.343 e. The van der Waals surface area contributed by atoms with Crippen LogP contribution >= 0.6 is 0 Å². The first-order chi connectivity index (χ1) is 12.7. The van der Waals surface area contributed by atoms with E-state index in [9.17, 15) is 9.18 Å². The number of hydrogen-bond donors (Lipinski definition) is 2. The smallest absolute Gasteiger partial charge is 0.319 e. The minimum absolute atomic E-state index is 0.224. The Hall–Kier alpha value is -2.44. The minimum atomic E-state index is -0.806. The number of urea groups is 1. The highest BCUT2D eigenvalue weighted by Crippen LogP contribution is 2.36. The van der Waals surface area contributed by atoms with Crippen molar-refractivity contribution in [2.45, 2.75) is 25.0 Å².